The fourth-order valence-corrected chi connectivity index (χ4v) is 3.31. The minimum Gasteiger partial charge on any atom is -0.302 e. The monoisotopic (exact) mass is 382 g/mol. The van der Waals surface area contributed by atoms with E-state index in [2.05, 4.69) is 39.4 Å². The average molecular weight is 384 g/mol. The van der Waals surface area contributed by atoms with Gasteiger partial charge in [-0.3, -0.25) is 0 Å². The Hall–Kier alpha value is -0.140. The number of nitrogens with zero attached hydrogens (tertiary/aromatic N) is 1. The molecule has 1 aromatic carbocycles. The van der Waals surface area contributed by atoms with Crippen LogP contribution in [0.3, 0.4) is 0 Å². The van der Waals surface area contributed by atoms with Crippen molar-refractivity contribution in [3.05, 3.63) is 27.7 Å². The minimum absolute atomic E-state index is 0.208. The summed E-state index contributed by atoms with van der Waals surface area (Å²) in [6, 6.07) is 4.99. The van der Waals surface area contributed by atoms with Gasteiger partial charge in [0.25, 0.3) is 0 Å². The first kappa shape index (κ1) is 17.9. The highest BCUT2D eigenvalue weighted by molar-refractivity contribution is 9.10. The van der Waals surface area contributed by atoms with Gasteiger partial charge >= 0.3 is 0 Å². The van der Waals surface area contributed by atoms with Crippen molar-refractivity contribution in [2.45, 2.75) is 31.2 Å². The van der Waals surface area contributed by atoms with Gasteiger partial charge in [0.05, 0.1) is 9.92 Å². The van der Waals surface area contributed by atoms with Gasteiger partial charge in [0.1, 0.15) is 0 Å². The Labute approximate surface area is 134 Å². The zero-order valence-electron chi connectivity index (χ0n) is 11.9. The molecule has 0 fully saturated rings. The summed E-state index contributed by atoms with van der Waals surface area (Å²) in [7, 11) is -1.51. The van der Waals surface area contributed by atoms with Crippen LogP contribution >= 0.6 is 27.5 Å². The fraction of sp³-hybridized carbons (Fsp3) is 0.538. The van der Waals surface area contributed by atoms with Crippen molar-refractivity contribution in [2.75, 3.05) is 20.1 Å². The Morgan fingerprint density at radius 3 is 2.65 bits per heavy atom. The molecule has 0 saturated carbocycles. The molecule has 0 spiro atoms. The van der Waals surface area contributed by atoms with Gasteiger partial charge in [0.15, 0.2) is 0 Å². The topological polar surface area (TPSA) is 49.4 Å². The number of benzene rings is 1. The number of nitrogens with one attached hydrogen (secondary N) is 1. The zero-order valence-corrected chi connectivity index (χ0v) is 15.0. The number of hydrogen-bond donors (Lipinski definition) is 1. The van der Waals surface area contributed by atoms with Crippen LogP contribution in [0, 0.1) is 0 Å². The molecule has 1 N–H and O–H groups in total. The Kier molecular flexibility index (Phi) is 6.94. The van der Waals surface area contributed by atoms with Crippen LogP contribution in [0.5, 0.6) is 0 Å². The molecule has 1 atom stereocenters. The third-order valence-electron chi connectivity index (χ3n) is 3.30. The van der Waals surface area contributed by atoms with Gasteiger partial charge < -0.3 is 4.90 Å². The highest BCUT2D eigenvalue weighted by Gasteiger charge is 2.15. The summed E-state index contributed by atoms with van der Waals surface area (Å²) in [6.07, 6.45) is 1.04. The molecule has 20 heavy (non-hydrogen) atoms. The molecule has 0 bridgehead atoms. The molecule has 1 rings (SSSR count). The third kappa shape index (κ3) is 5.00. The maximum Gasteiger partial charge on any atom is 0.240 e. The highest BCUT2D eigenvalue weighted by Crippen LogP contribution is 2.25. The van der Waals surface area contributed by atoms with Crippen LogP contribution in [0.25, 0.3) is 0 Å². The lowest BCUT2D eigenvalue weighted by molar-refractivity contribution is 0.256. The second kappa shape index (κ2) is 7.75. The Morgan fingerprint density at radius 2 is 2.10 bits per heavy atom. The fourth-order valence-electron chi connectivity index (χ4n) is 1.62. The maximum atomic E-state index is 12.1. The van der Waals surface area contributed by atoms with Crippen molar-refractivity contribution in [3.63, 3.8) is 0 Å². The molecule has 7 heteroatoms. The molecule has 0 radical (unpaired) electrons. The van der Waals surface area contributed by atoms with Crippen LogP contribution in [0.4, 0.5) is 0 Å². The summed E-state index contributed by atoms with van der Waals surface area (Å²) >= 11 is 9.08. The lowest BCUT2D eigenvalue weighted by atomic mass is 10.2. The summed E-state index contributed by atoms with van der Waals surface area (Å²) in [4.78, 5) is 2.33. The molecular weight excluding hydrogens is 364 g/mol. The zero-order chi connectivity index (χ0) is 15.3. The van der Waals surface area contributed by atoms with E-state index in [0.717, 1.165) is 6.42 Å². The normalized spacial score (nSPS) is 13.7. The van der Waals surface area contributed by atoms with Gasteiger partial charge in [-0.05, 0) is 54.5 Å². The van der Waals surface area contributed by atoms with Crippen molar-refractivity contribution in [3.8, 4) is 0 Å². The van der Waals surface area contributed by atoms with Crippen LogP contribution < -0.4 is 4.72 Å². The molecule has 0 amide bonds. The van der Waals surface area contributed by atoms with E-state index in [-0.39, 0.29) is 4.90 Å². The van der Waals surface area contributed by atoms with E-state index in [9.17, 15) is 8.42 Å². The molecule has 0 saturated heterocycles. The van der Waals surface area contributed by atoms with E-state index in [0.29, 0.717) is 28.6 Å². The van der Waals surface area contributed by atoms with E-state index < -0.39 is 10.0 Å². The average Bonchev–Trinajstić information content (AvgIpc) is 2.40. The Morgan fingerprint density at radius 1 is 1.45 bits per heavy atom. The Balaban J connectivity index is 2.64. The van der Waals surface area contributed by atoms with E-state index in [1.165, 1.54) is 12.1 Å². The van der Waals surface area contributed by atoms with Crippen molar-refractivity contribution >= 4 is 37.6 Å². The van der Waals surface area contributed by atoms with Crippen molar-refractivity contribution in [2.24, 2.45) is 0 Å². The molecular formula is C13H20BrClN2O2S. The summed E-state index contributed by atoms with van der Waals surface area (Å²) in [5.41, 5.74) is 0. The van der Waals surface area contributed by atoms with Crippen LogP contribution in [-0.2, 0) is 10.0 Å². The van der Waals surface area contributed by atoms with E-state index in [1.54, 1.807) is 6.07 Å². The van der Waals surface area contributed by atoms with Crippen molar-refractivity contribution in [1.82, 2.24) is 9.62 Å². The minimum atomic E-state index is -3.49. The predicted octanol–water partition coefficient (Wildman–Crippen LogP) is 3.11. The first-order valence-electron chi connectivity index (χ1n) is 6.43. The SMILES string of the molecule is CCC(C)N(C)CCNS(=O)(=O)c1ccc(Cl)c(Br)c1. The molecule has 0 aliphatic heterocycles. The number of rotatable bonds is 7. The number of likely N-dealkylation sites (N-methyl/N-ethyl adjacent to an activating group) is 1. The largest absolute Gasteiger partial charge is 0.302 e. The number of halogens is 2. The summed E-state index contributed by atoms with van der Waals surface area (Å²) in [5.74, 6) is 0. The third-order valence-corrected chi connectivity index (χ3v) is 5.97. The van der Waals surface area contributed by atoms with Crippen molar-refractivity contribution < 1.29 is 8.42 Å². The highest BCUT2D eigenvalue weighted by atomic mass is 79.9. The van der Waals surface area contributed by atoms with Gasteiger partial charge in [-0.15, -0.1) is 0 Å². The molecule has 0 aliphatic carbocycles. The molecule has 0 heterocycles. The lowest BCUT2D eigenvalue weighted by Gasteiger charge is -2.23. The second-order valence-corrected chi connectivity index (χ2v) is 7.74. The van der Waals surface area contributed by atoms with Gasteiger partial charge in [0, 0.05) is 23.6 Å². The Bertz CT molecular complexity index is 551. The van der Waals surface area contributed by atoms with E-state index in [1.807, 2.05) is 7.05 Å². The molecule has 4 nitrogen and oxygen atoms in total. The van der Waals surface area contributed by atoms with Crippen LogP contribution in [0.15, 0.2) is 27.6 Å². The molecule has 0 aromatic heterocycles. The van der Waals surface area contributed by atoms with Crippen LogP contribution in [0.2, 0.25) is 5.02 Å². The van der Waals surface area contributed by atoms with Crippen molar-refractivity contribution in [1.29, 1.82) is 0 Å². The first-order valence-corrected chi connectivity index (χ1v) is 9.08. The standard InChI is InChI=1S/C13H20BrClN2O2S/c1-4-10(2)17(3)8-7-16-20(18,19)11-5-6-13(15)12(14)9-11/h5-6,9-10,16H,4,7-8H2,1-3H3. The van der Waals surface area contributed by atoms with Crippen LogP contribution in [-0.4, -0.2) is 39.5 Å². The molecule has 0 aliphatic rings. The quantitative estimate of drug-likeness (QED) is 0.787. The number of hydrogen-bond acceptors (Lipinski definition) is 3. The summed E-state index contributed by atoms with van der Waals surface area (Å²) in [6.45, 7) is 5.27. The predicted molar refractivity (Wildman–Crippen MR) is 86.7 cm³/mol. The maximum absolute atomic E-state index is 12.1. The summed E-state index contributed by atoms with van der Waals surface area (Å²) in [5, 5.41) is 0.487. The molecule has 114 valence electrons. The van der Waals surface area contributed by atoms with Gasteiger partial charge in [-0.1, -0.05) is 18.5 Å². The van der Waals surface area contributed by atoms with E-state index in [4.69, 9.17) is 11.6 Å². The van der Waals surface area contributed by atoms with Gasteiger partial charge in [0.2, 0.25) is 10.0 Å². The number of sulfonamides is 1. The molecule has 1 unspecified atom stereocenters. The van der Waals surface area contributed by atoms with E-state index >= 15 is 0 Å². The second-order valence-electron chi connectivity index (χ2n) is 4.71. The summed E-state index contributed by atoms with van der Waals surface area (Å²) < 4.78 is 27.4. The first-order chi connectivity index (χ1) is 9.27. The lowest BCUT2D eigenvalue weighted by Crippen LogP contribution is -2.37. The van der Waals surface area contributed by atoms with Gasteiger partial charge in [-0.25, -0.2) is 13.1 Å². The molecule has 1 aromatic rings. The van der Waals surface area contributed by atoms with Gasteiger partial charge in [-0.2, -0.15) is 0 Å². The smallest absolute Gasteiger partial charge is 0.240 e. The van der Waals surface area contributed by atoms with Crippen LogP contribution in [0.1, 0.15) is 20.3 Å².